The second-order valence-corrected chi connectivity index (χ2v) is 5.91. The van der Waals surface area contributed by atoms with Gasteiger partial charge in [0.1, 0.15) is 11.0 Å². The predicted molar refractivity (Wildman–Crippen MR) is 76.0 cm³/mol. The SMILES string of the molecule is Clc1cc(C2CC2)nc(Cc2ccc(Br)cc2)n1. The highest BCUT2D eigenvalue weighted by Crippen LogP contribution is 2.39. The Kier molecular flexibility index (Phi) is 3.35. The molecule has 1 aliphatic rings. The van der Waals surface area contributed by atoms with Crippen LogP contribution in [-0.2, 0) is 6.42 Å². The molecule has 1 aliphatic carbocycles. The first-order valence-electron chi connectivity index (χ1n) is 5.98. The number of aromatic nitrogens is 2. The van der Waals surface area contributed by atoms with Gasteiger partial charge in [0.05, 0.1) is 0 Å². The zero-order valence-electron chi connectivity index (χ0n) is 9.74. The summed E-state index contributed by atoms with van der Waals surface area (Å²) in [6.45, 7) is 0. The number of nitrogens with zero attached hydrogens (tertiary/aromatic N) is 2. The molecule has 4 heteroatoms. The summed E-state index contributed by atoms with van der Waals surface area (Å²) >= 11 is 9.48. The third-order valence-electron chi connectivity index (χ3n) is 3.03. The lowest BCUT2D eigenvalue weighted by atomic mass is 10.1. The topological polar surface area (TPSA) is 25.8 Å². The monoisotopic (exact) mass is 322 g/mol. The minimum atomic E-state index is 0.555. The summed E-state index contributed by atoms with van der Waals surface area (Å²) in [7, 11) is 0. The Morgan fingerprint density at radius 2 is 1.89 bits per heavy atom. The molecule has 1 heterocycles. The molecule has 0 aliphatic heterocycles. The largest absolute Gasteiger partial charge is 0.237 e. The van der Waals surface area contributed by atoms with Gasteiger partial charge in [0, 0.05) is 22.5 Å². The molecule has 0 N–H and O–H groups in total. The van der Waals surface area contributed by atoms with Crippen LogP contribution in [0.25, 0.3) is 0 Å². The number of halogens is 2. The summed E-state index contributed by atoms with van der Waals surface area (Å²) in [6, 6.07) is 10.1. The Morgan fingerprint density at radius 3 is 2.56 bits per heavy atom. The van der Waals surface area contributed by atoms with Crippen molar-refractivity contribution in [1.82, 2.24) is 9.97 Å². The van der Waals surface area contributed by atoms with Crippen molar-refractivity contribution in [3.05, 3.63) is 57.0 Å². The van der Waals surface area contributed by atoms with Crippen LogP contribution in [0.4, 0.5) is 0 Å². The van der Waals surface area contributed by atoms with E-state index in [1.54, 1.807) is 0 Å². The fourth-order valence-electron chi connectivity index (χ4n) is 1.94. The molecule has 0 amide bonds. The molecule has 1 saturated carbocycles. The molecule has 1 aromatic heterocycles. The third kappa shape index (κ3) is 2.90. The fraction of sp³-hybridized carbons (Fsp3) is 0.286. The molecule has 0 spiro atoms. The van der Waals surface area contributed by atoms with E-state index in [9.17, 15) is 0 Å². The van der Waals surface area contributed by atoms with Crippen LogP contribution in [0.1, 0.15) is 35.8 Å². The average molecular weight is 324 g/mol. The molecule has 1 aromatic carbocycles. The Labute approximate surface area is 120 Å². The maximum atomic E-state index is 6.05. The Balaban J connectivity index is 1.85. The van der Waals surface area contributed by atoms with Gasteiger partial charge in [0.2, 0.25) is 0 Å². The van der Waals surface area contributed by atoms with Crippen molar-refractivity contribution in [1.29, 1.82) is 0 Å². The molecular weight excluding hydrogens is 312 g/mol. The lowest BCUT2D eigenvalue weighted by Gasteiger charge is -2.04. The summed E-state index contributed by atoms with van der Waals surface area (Å²) in [5.74, 6) is 1.42. The molecule has 0 saturated heterocycles. The van der Waals surface area contributed by atoms with E-state index in [4.69, 9.17) is 11.6 Å². The predicted octanol–water partition coefficient (Wildman–Crippen LogP) is 4.36. The maximum Gasteiger partial charge on any atom is 0.134 e. The van der Waals surface area contributed by atoms with Gasteiger partial charge in [-0.2, -0.15) is 0 Å². The van der Waals surface area contributed by atoms with Crippen molar-refractivity contribution in [2.24, 2.45) is 0 Å². The van der Waals surface area contributed by atoms with E-state index < -0.39 is 0 Å². The zero-order chi connectivity index (χ0) is 12.5. The van der Waals surface area contributed by atoms with Crippen LogP contribution in [-0.4, -0.2) is 9.97 Å². The van der Waals surface area contributed by atoms with E-state index in [2.05, 4.69) is 38.0 Å². The van der Waals surface area contributed by atoms with Gasteiger partial charge in [0.15, 0.2) is 0 Å². The van der Waals surface area contributed by atoms with Gasteiger partial charge in [-0.1, -0.05) is 39.7 Å². The molecule has 3 rings (SSSR count). The van der Waals surface area contributed by atoms with Gasteiger partial charge in [0.25, 0.3) is 0 Å². The van der Waals surface area contributed by atoms with Crippen molar-refractivity contribution < 1.29 is 0 Å². The molecule has 1 fully saturated rings. The van der Waals surface area contributed by atoms with Gasteiger partial charge in [-0.15, -0.1) is 0 Å². The summed E-state index contributed by atoms with van der Waals surface area (Å²) in [5, 5.41) is 0.555. The number of hydrogen-bond acceptors (Lipinski definition) is 2. The van der Waals surface area contributed by atoms with Crippen molar-refractivity contribution >= 4 is 27.5 Å². The van der Waals surface area contributed by atoms with Crippen LogP contribution in [0, 0.1) is 0 Å². The smallest absolute Gasteiger partial charge is 0.134 e. The van der Waals surface area contributed by atoms with Gasteiger partial charge < -0.3 is 0 Å². The normalized spacial score (nSPS) is 14.8. The molecule has 2 aromatic rings. The first-order valence-corrected chi connectivity index (χ1v) is 7.15. The standard InChI is InChI=1S/C14H12BrClN2/c15-11-5-1-9(2-6-11)7-14-17-12(10-3-4-10)8-13(16)18-14/h1-2,5-6,8,10H,3-4,7H2. The Bertz CT molecular complexity index is 565. The molecule has 18 heavy (non-hydrogen) atoms. The maximum absolute atomic E-state index is 6.05. The molecule has 0 atom stereocenters. The van der Waals surface area contributed by atoms with Gasteiger partial charge in [-0.3, -0.25) is 0 Å². The second kappa shape index (κ2) is 4.98. The average Bonchev–Trinajstić information content (AvgIpc) is 3.15. The highest BCUT2D eigenvalue weighted by Gasteiger charge is 2.25. The van der Waals surface area contributed by atoms with E-state index >= 15 is 0 Å². The van der Waals surface area contributed by atoms with Crippen LogP contribution in [0.3, 0.4) is 0 Å². The molecule has 0 bridgehead atoms. The molecule has 0 unspecified atom stereocenters. The van der Waals surface area contributed by atoms with E-state index in [-0.39, 0.29) is 0 Å². The second-order valence-electron chi connectivity index (χ2n) is 4.61. The van der Waals surface area contributed by atoms with Gasteiger partial charge in [-0.05, 0) is 36.6 Å². The van der Waals surface area contributed by atoms with Crippen LogP contribution in [0.2, 0.25) is 5.15 Å². The lowest BCUT2D eigenvalue weighted by molar-refractivity contribution is 0.899. The minimum Gasteiger partial charge on any atom is -0.237 e. The van der Waals surface area contributed by atoms with Crippen molar-refractivity contribution in [2.75, 3.05) is 0 Å². The molecule has 0 radical (unpaired) electrons. The van der Waals surface area contributed by atoms with E-state index in [0.717, 1.165) is 22.4 Å². The van der Waals surface area contributed by atoms with Gasteiger partial charge >= 0.3 is 0 Å². The van der Waals surface area contributed by atoms with E-state index in [1.807, 2.05) is 18.2 Å². The van der Waals surface area contributed by atoms with E-state index in [1.165, 1.54) is 18.4 Å². The van der Waals surface area contributed by atoms with Gasteiger partial charge in [-0.25, -0.2) is 9.97 Å². The van der Waals surface area contributed by atoms with Crippen molar-refractivity contribution in [3.8, 4) is 0 Å². The van der Waals surface area contributed by atoms with Crippen molar-refractivity contribution in [3.63, 3.8) is 0 Å². The van der Waals surface area contributed by atoms with Crippen LogP contribution >= 0.6 is 27.5 Å². The highest BCUT2D eigenvalue weighted by atomic mass is 79.9. The first-order chi connectivity index (χ1) is 8.70. The third-order valence-corrected chi connectivity index (χ3v) is 3.75. The molecule has 2 nitrogen and oxygen atoms in total. The van der Waals surface area contributed by atoms with Crippen LogP contribution < -0.4 is 0 Å². The number of benzene rings is 1. The summed E-state index contributed by atoms with van der Waals surface area (Å²) < 4.78 is 1.08. The Hall–Kier alpha value is -0.930. The minimum absolute atomic E-state index is 0.555. The van der Waals surface area contributed by atoms with E-state index in [0.29, 0.717) is 11.1 Å². The Morgan fingerprint density at radius 1 is 1.17 bits per heavy atom. The first kappa shape index (κ1) is 12.1. The van der Waals surface area contributed by atoms with Crippen molar-refractivity contribution in [2.45, 2.75) is 25.2 Å². The quantitative estimate of drug-likeness (QED) is 0.784. The van der Waals surface area contributed by atoms with Crippen LogP contribution in [0.15, 0.2) is 34.8 Å². The zero-order valence-corrected chi connectivity index (χ0v) is 12.1. The molecule has 92 valence electrons. The fourth-order valence-corrected chi connectivity index (χ4v) is 2.41. The highest BCUT2D eigenvalue weighted by molar-refractivity contribution is 9.10. The number of hydrogen-bond donors (Lipinski definition) is 0. The lowest BCUT2D eigenvalue weighted by Crippen LogP contribution is -2.00. The van der Waals surface area contributed by atoms with Crippen LogP contribution in [0.5, 0.6) is 0 Å². The number of rotatable bonds is 3. The summed E-state index contributed by atoms with van der Waals surface area (Å²) in [4.78, 5) is 8.91. The summed E-state index contributed by atoms with van der Waals surface area (Å²) in [6.07, 6.45) is 3.18. The summed E-state index contributed by atoms with van der Waals surface area (Å²) in [5.41, 5.74) is 2.30. The molecular formula is C14H12BrClN2.